The molecule has 0 saturated carbocycles. The Hall–Kier alpha value is -1.28. The first kappa shape index (κ1) is 10.8. The molecule has 0 spiro atoms. The van der Waals surface area contributed by atoms with E-state index >= 15 is 0 Å². The van der Waals surface area contributed by atoms with Crippen molar-refractivity contribution in [3.63, 3.8) is 0 Å². The second-order valence-electron chi connectivity index (χ2n) is 4.42. The predicted molar refractivity (Wildman–Crippen MR) is 76.3 cm³/mol. The fraction of sp³-hybridized carbons (Fsp3) is 0.200. The number of para-hydroxylation sites is 2. The Morgan fingerprint density at radius 2 is 1.65 bits per heavy atom. The van der Waals surface area contributed by atoms with Gasteiger partial charge in [0.2, 0.25) is 0 Å². The Balaban J connectivity index is 2.22. The fourth-order valence-electron chi connectivity index (χ4n) is 2.50. The van der Waals surface area contributed by atoms with Crippen LogP contribution in [0.25, 0.3) is 0 Å². The average molecular weight is 288 g/mol. The molecule has 2 aromatic carbocycles. The van der Waals surface area contributed by atoms with Gasteiger partial charge in [-0.3, -0.25) is 0 Å². The minimum atomic E-state index is 0.393. The molecule has 0 aromatic heterocycles. The molecule has 0 N–H and O–H groups in total. The van der Waals surface area contributed by atoms with E-state index in [0.29, 0.717) is 4.83 Å². The Morgan fingerprint density at radius 3 is 2.47 bits per heavy atom. The van der Waals surface area contributed by atoms with E-state index in [1.807, 2.05) is 0 Å². The van der Waals surface area contributed by atoms with Gasteiger partial charge in [0.1, 0.15) is 0 Å². The predicted octanol–water partition coefficient (Wildman–Crippen LogP) is 4.45. The normalized spacial score (nSPS) is 18.2. The molecular formula is C15H14BrN. The topological polar surface area (TPSA) is 3.24 Å². The monoisotopic (exact) mass is 287 g/mol. The zero-order chi connectivity index (χ0) is 11.8. The summed E-state index contributed by atoms with van der Waals surface area (Å²) in [5.41, 5.74) is 5.36. The number of rotatable bonds is 0. The lowest BCUT2D eigenvalue weighted by Gasteiger charge is -2.21. The van der Waals surface area contributed by atoms with Crippen LogP contribution in [-0.4, -0.2) is 7.05 Å². The summed E-state index contributed by atoms with van der Waals surface area (Å²) >= 11 is 3.81. The van der Waals surface area contributed by atoms with E-state index in [4.69, 9.17) is 0 Å². The zero-order valence-electron chi connectivity index (χ0n) is 9.73. The highest BCUT2D eigenvalue weighted by atomic mass is 79.9. The number of benzene rings is 2. The van der Waals surface area contributed by atoms with Crippen LogP contribution in [0, 0.1) is 0 Å². The molecule has 0 amide bonds. The molecule has 1 aliphatic heterocycles. The van der Waals surface area contributed by atoms with Crippen molar-refractivity contribution in [1.82, 2.24) is 0 Å². The van der Waals surface area contributed by atoms with Gasteiger partial charge in [0, 0.05) is 23.2 Å². The molecule has 3 rings (SSSR count). The summed E-state index contributed by atoms with van der Waals surface area (Å²) in [6, 6.07) is 17.2. The quantitative estimate of drug-likeness (QED) is 0.647. The van der Waals surface area contributed by atoms with Crippen molar-refractivity contribution in [2.24, 2.45) is 0 Å². The number of hydrogen-bond donors (Lipinski definition) is 0. The van der Waals surface area contributed by atoms with E-state index in [9.17, 15) is 0 Å². The highest BCUT2D eigenvalue weighted by molar-refractivity contribution is 9.09. The number of anilines is 2. The lowest BCUT2D eigenvalue weighted by molar-refractivity contribution is 0.966. The lowest BCUT2D eigenvalue weighted by Crippen LogP contribution is -2.10. The van der Waals surface area contributed by atoms with Gasteiger partial charge in [-0.15, -0.1) is 0 Å². The molecule has 1 aliphatic rings. The molecule has 1 heterocycles. The maximum atomic E-state index is 3.81. The van der Waals surface area contributed by atoms with Crippen LogP contribution >= 0.6 is 15.9 Å². The first-order valence-corrected chi connectivity index (χ1v) is 6.73. The lowest BCUT2D eigenvalue weighted by atomic mass is 10.0. The number of halogens is 1. The third-order valence-corrected chi connectivity index (χ3v) is 4.20. The van der Waals surface area contributed by atoms with E-state index in [2.05, 4.69) is 76.4 Å². The maximum Gasteiger partial charge on any atom is 0.0456 e. The Kier molecular flexibility index (Phi) is 2.67. The van der Waals surface area contributed by atoms with Gasteiger partial charge in [-0.25, -0.2) is 0 Å². The molecular weight excluding hydrogens is 274 g/mol. The van der Waals surface area contributed by atoms with E-state index in [1.54, 1.807) is 0 Å². The summed E-state index contributed by atoms with van der Waals surface area (Å²) in [6.07, 6.45) is 1.04. The van der Waals surface area contributed by atoms with E-state index in [1.165, 1.54) is 22.5 Å². The zero-order valence-corrected chi connectivity index (χ0v) is 11.3. The molecule has 2 aromatic rings. The molecule has 0 aliphatic carbocycles. The molecule has 2 heteroatoms. The van der Waals surface area contributed by atoms with Crippen LogP contribution in [0.5, 0.6) is 0 Å². The summed E-state index contributed by atoms with van der Waals surface area (Å²) in [7, 11) is 2.14. The second-order valence-corrected chi connectivity index (χ2v) is 5.52. The number of alkyl halides is 1. The third-order valence-electron chi connectivity index (χ3n) is 3.39. The average Bonchev–Trinajstić information content (AvgIpc) is 2.48. The van der Waals surface area contributed by atoms with Crippen LogP contribution < -0.4 is 4.90 Å². The largest absolute Gasteiger partial charge is 0.344 e. The molecule has 0 fully saturated rings. The highest BCUT2D eigenvalue weighted by Gasteiger charge is 2.22. The summed E-state index contributed by atoms with van der Waals surface area (Å²) in [4.78, 5) is 2.68. The first-order valence-electron chi connectivity index (χ1n) is 5.82. The molecule has 0 saturated heterocycles. The second kappa shape index (κ2) is 4.19. The smallest absolute Gasteiger partial charge is 0.0456 e. The number of fused-ring (bicyclic) bond motifs is 2. The van der Waals surface area contributed by atoms with Gasteiger partial charge in [-0.2, -0.15) is 0 Å². The van der Waals surface area contributed by atoms with Crippen LogP contribution in [0.2, 0.25) is 0 Å². The maximum absolute atomic E-state index is 3.81. The van der Waals surface area contributed by atoms with E-state index in [0.717, 1.165) is 6.42 Å². The minimum absolute atomic E-state index is 0.393. The standard InChI is InChI=1S/C15H14BrN/c1-17-14-8-4-2-6-11(14)10-13(16)12-7-3-5-9-15(12)17/h2-9,13H,10H2,1H3/t13-/m1/s1. The summed E-state index contributed by atoms with van der Waals surface area (Å²) in [5.74, 6) is 0. The van der Waals surface area contributed by atoms with Crippen LogP contribution in [0.15, 0.2) is 48.5 Å². The van der Waals surface area contributed by atoms with Crippen LogP contribution in [0.3, 0.4) is 0 Å². The summed E-state index contributed by atoms with van der Waals surface area (Å²) in [6.45, 7) is 0. The fourth-order valence-corrected chi connectivity index (χ4v) is 3.24. The van der Waals surface area contributed by atoms with Gasteiger partial charge in [0.15, 0.2) is 0 Å². The van der Waals surface area contributed by atoms with Crippen LogP contribution in [0.1, 0.15) is 16.0 Å². The van der Waals surface area contributed by atoms with Crippen molar-refractivity contribution >= 4 is 27.3 Å². The third kappa shape index (κ3) is 1.77. The number of hydrogen-bond acceptors (Lipinski definition) is 1. The summed E-state index contributed by atoms with van der Waals surface area (Å²) < 4.78 is 0. The molecule has 1 atom stereocenters. The molecule has 1 nitrogen and oxygen atoms in total. The van der Waals surface area contributed by atoms with Crippen molar-refractivity contribution in [1.29, 1.82) is 0 Å². The van der Waals surface area contributed by atoms with E-state index < -0.39 is 0 Å². The Morgan fingerprint density at radius 1 is 1.00 bits per heavy atom. The molecule has 0 unspecified atom stereocenters. The van der Waals surface area contributed by atoms with Crippen molar-refractivity contribution in [3.05, 3.63) is 59.7 Å². The van der Waals surface area contributed by atoms with Gasteiger partial charge in [-0.05, 0) is 29.7 Å². The minimum Gasteiger partial charge on any atom is -0.344 e. The Labute approximate surface area is 110 Å². The summed E-state index contributed by atoms with van der Waals surface area (Å²) in [5, 5.41) is 0. The van der Waals surface area contributed by atoms with Gasteiger partial charge in [0.25, 0.3) is 0 Å². The Bertz CT molecular complexity index is 550. The molecule has 0 bridgehead atoms. The van der Waals surface area contributed by atoms with Gasteiger partial charge >= 0.3 is 0 Å². The van der Waals surface area contributed by atoms with Gasteiger partial charge in [0.05, 0.1) is 0 Å². The molecule has 86 valence electrons. The van der Waals surface area contributed by atoms with E-state index in [-0.39, 0.29) is 0 Å². The van der Waals surface area contributed by atoms with Crippen molar-refractivity contribution in [2.75, 3.05) is 11.9 Å². The van der Waals surface area contributed by atoms with Gasteiger partial charge in [-0.1, -0.05) is 52.3 Å². The number of nitrogens with zero attached hydrogens (tertiary/aromatic N) is 1. The van der Waals surface area contributed by atoms with Crippen molar-refractivity contribution in [2.45, 2.75) is 11.2 Å². The van der Waals surface area contributed by atoms with Crippen LogP contribution in [-0.2, 0) is 6.42 Å². The van der Waals surface area contributed by atoms with Gasteiger partial charge < -0.3 is 4.90 Å². The van der Waals surface area contributed by atoms with Crippen LogP contribution in [0.4, 0.5) is 11.4 Å². The van der Waals surface area contributed by atoms with Crippen molar-refractivity contribution in [3.8, 4) is 0 Å². The molecule has 17 heavy (non-hydrogen) atoms. The SMILES string of the molecule is CN1c2ccccc2C[C@@H](Br)c2ccccc21. The highest BCUT2D eigenvalue weighted by Crippen LogP contribution is 2.42. The van der Waals surface area contributed by atoms with Crippen molar-refractivity contribution < 1.29 is 0 Å². The molecule has 0 radical (unpaired) electrons. The first-order chi connectivity index (χ1) is 8.27.